The van der Waals surface area contributed by atoms with E-state index < -0.39 is 0 Å². The number of nitrogens with one attached hydrogen (secondary N) is 1. The zero-order valence-corrected chi connectivity index (χ0v) is 13.2. The second-order valence-electron chi connectivity index (χ2n) is 5.98. The van der Waals surface area contributed by atoms with E-state index in [1.165, 1.54) is 44.3 Å². The first-order valence-corrected chi connectivity index (χ1v) is 8.21. The van der Waals surface area contributed by atoms with Gasteiger partial charge in [-0.2, -0.15) is 0 Å². The molecular weight excluding hydrogens is 246 g/mol. The lowest BCUT2D eigenvalue weighted by Gasteiger charge is -2.35. The molecule has 3 heteroatoms. The minimum absolute atomic E-state index is 0.486. The van der Waals surface area contributed by atoms with Crippen molar-refractivity contribution >= 4 is 5.82 Å². The quantitative estimate of drug-likeness (QED) is 0.842. The zero-order chi connectivity index (χ0) is 14.4. The van der Waals surface area contributed by atoms with Crippen molar-refractivity contribution in [3.8, 4) is 0 Å². The molecule has 2 unspecified atom stereocenters. The molecule has 0 bridgehead atoms. The monoisotopic (exact) mass is 275 g/mol. The van der Waals surface area contributed by atoms with Crippen molar-refractivity contribution in [2.45, 2.75) is 65.0 Å². The van der Waals surface area contributed by atoms with E-state index in [-0.39, 0.29) is 0 Å². The molecule has 3 nitrogen and oxygen atoms in total. The second-order valence-corrected chi connectivity index (χ2v) is 5.98. The lowest BCUT2D eigenvalue weighted by Crippen LogP contribution is -2.34. The summed E-state index contributed by atoms with van der Waals surface area (Å²) in [6.07, 6.45) is 8.40. The summed E-state index contributed by atoms with van der Waals surface area (Å²) in [7, 11) is 0. The van der Waals surface area contributed by atoms with E-state index in [1.807, 2.05) is 0 Å². The summed E-state index contributed by atoms with van der Waals surface area (Å²) >= 11 is 0. The predicted molar refractivity (Wildman–Crippen MR) is 86.1 cm³/mol. The third-order valence-corrected chi connectivity index (χ3v) is 4.30. The topological polar surface area (TPSA) is 28.2 Å². The fourth-order valence-corrected chi connectivity index (χ4v) is 2.97. The van der Waals surface area contributed by atoms with Crippen molar-refractivity contribution in [1.29, 1.82) is 0 Å². The van der Waals surface area contributed by atoms with Crippen LogP contribution in [-0.2, 0) is 0 Å². The van der Waals surface area contributed by atoms with Gasteiger partial charge in [0.05, 0.1) is 0 Å². The third-order valence-electron chi connectivity index (χ3n) is 4.30. The average molecular weight is 275 g/mol. The lowest BCUT2D eigenvalue weighted by molar-refractivity contribution is 0.149. The molecule has 0 aromatic carbocycles. The molecule has 1 N–H and O–H groups in total. The van der Waals surface area contributed by atoms with Crippen LogP contribution in [0.5, 0.6) is 0 Å². The van der Waals surface area contributed by atoms with Crippen LogP contribution in [0.25, 0.3) is 0 Å². The molecule has 1 aromatic rings. The summed E-state index contributed by atoms with van der Waals surface area (Å²) in [5.74, 6) is 1.00. The SMILES string of the molecule is CCCN1CCCCC1c1ccc(NC(C)CC)nc1. The molecule has 1 fully saturated rings. The van der Waals surface area contributed by atoms with Crippen LogP contribution < -0.4 is 5.32 Å². The van der Waals surface area contributed by atoms with E-state index in [2.05, 4.69) is 54.3 Å². The van der Waals surface area contributed by atoms with Gasteiger partial charge < -0.3 is 5.32 Å². The van der Waals surface area contributed by atoms with Crippen molar-refractivity contribution in [3.63, 3.8) is 0 Å². The Morgan fingerprint density at radius 1 is 1.35 bits per heavy atom. The highest BCUT2D eigenvalue weighted by Gasteiger charge is 2.23. The van der Waals surface area contributed by atoms with Gasteiger partial charge in [0.15, 0.2) is 0 Å². The van der Waals surface area contributed by atoms with Crippen molar-refractivity contribution in [3.05, 3.63) is 23.9 Å². The van der Waals surface area contributed by atoms with Crippen LogP contribution in [0.15, 0.2) is 18.3 Å². The van der Waals surface area contributed by atoms with Crippen LogP contribution in [-0.4, -0.2) is 29.0 Å². The highest BCUT2D eigenvalue weighted by molar-refractivity contribution is 5.37. The van der Waals surface area contributed by atoms with Crippen molar-refractivity contribution in [2.75, 3.05) is 18.4 Å². The number of piperidine rings is 1. The van der Waals surface area contributed by atoms with Crippen LogP contribution >= 0.6 is 0 Å². The zero-order valence-electron chi connectivity index (χ0n) is 13.2. The van der Waals surface area contributed by atoms with Gasteiger partial charge in [0.2, 0.25) is 0 Å². The molecule has 1 saturated heterocycles. The minimum Gasteiger partial charge on any atom is -0.368 e. The summed E-state index contributed by atoms with van der Waals surface area (Å²) in [4.78, 5) is 7.23. The summed E-state index contributed by atoms with van der Waals surface area (Å²) in [6, 6.07) is 5.46. The first kappa shape index (κ1) is 15.3. The maximum atomic E-state index is 4.60. The van der Waals surface area contributed by atoms with Gasteiger partial charge >= 0.3 is 0 Å². The van der Waals surface area contributed by atoms with Crippen LogP contribution in [0.3, 0.4) is 0 Å². The smallest absolute Gasteiger partial charge is 0.126 e. The number of nitrogens with zero attached hydrogens (tertiary/aromatic N) is 2. The first-order valence-electron chi connectivity index (χ1n) is 8.21. The number of hydrogen-bond donors (Lipinski definition) is 1. The molecular formula is C17H29N3. The van der Waals surface area contributed by atoms with E-state index in [0.29, 0.717) is 12.1 Å². The number of pyridine rings is 1. The predicted octanol–water partition coefficient (Wildman–Crippen LogP) is 4.23. The fourth-order valence-electron chi connectivity index (χ4n) is 2.97. The Balaban J connectivity index is 2.03. The summed E-state index contributed by atoms with van der Waals surface area (Å²) < 4.78 is 0. The van der Waals surface area contributed by atoms with Gasteiger partial charge in [-0.25, -0.2) is 4.98 Å². The Kier molecular flexibility index (Phi) is 5.84. The maximum absolute atomic E-state index is 4.60. The maximum Gasteiger partial charge on any atom is 0.126 e. The molecule has 112 valence electrons. The number of rotatable bonds is 6. The van der Waals surface area contributed by atoms with Gasteiger partial charge in [0.1, 0.15) is 5.82 Å². The normalized spacial score (nSPS) is 21.6. The Morgan fingerprint density at radius 2 is 2.20 bits per heavy atom. The fraction of sp³-hybridized carbons (Fsp3) is 0.706. The number of anilines is 1. The average Bonchev–Trinajstić information content (AvgIpc) is 2.49. The summed E-state index contributed by atoms with van der Waals surface area (Å²) in [5, 5.41) is 3.43. The van der Waals surface area contributed by atoms with Gasteiger partial charge in [-0.05, 0) is 57.3 Å². The molecule has 0 saturated carbocycles. The molecule has 0 aliphatic carbocycles. The molecule has 1 aliphatic rings. The Labute approximate surface area is 123 Å². The van der Waals surface area contributed by atoms with E-state index in [0.717, 1.165) is 12.2 Å². The standard InChI is InChI=1S/C17H29N3/c1-4-11-20-12-7-6-8-16(20)15-9-10-17(18-13-15)19-14(3)5-2/h9-10,13-14,16H,4-8,11-12H2,1-3H3,(H,18,19). The Hall–Kier alpha value is -1.09. The first-order chi connectivity index (χ1) is 9.74. The van der Waals surface area contributed by atoms with E-state index in [9.17, 15) is 0 Å². The molecule has 1 aliphatic heterocycles. The Bertz CT molecular complexity index is 386. The van der Waals surface area contributed by atoms with E-state index in [1.54, 1.807) is 0 Å². The van der Waals surface area contributed by atoms with Crippen LogP contribution in [0, 0.1) is 0 Å². The lowest BCUT2D eigenvalue weighted by atomic mass is 9.96. The number of aromatic nitrogens is 1. The van der Waals surface area contributed by atoms with Crippen molar-refractivity contribution in [2.24, 2.45) is 0 Å². The third kappa shape index (κ3) is 3.95. The second kappa shape index (κ2) is 7.63. The van der Waals surface area contributed by atoms with Gasteiger partial charge in [-0.1, -0.05) is 26.3 Å². The van der Waals surface area contributed by atoms with Crippen LogP contribution in [0.2, 0.25) is 0 Å². The number of hydrogen-bond acceptors (Lipinski definition) is 3. The van der Waals surface area contributed by atoms with Gasteiger partial charge in [-0.15, -0.1) is 0 Å². The molecule has 0 amide bonds. The highest BCUT2D eigenvalue weighted by Crippen LogP contribution is 2.30. The van der Waals surface area contributed by atoms with Crippen LogP contribution in [0.4, 0.5) is 5.82 Å². The summed E-state index contributed by atoms with van der Waals surface area (Å²) in [5.41, 5.74) is 1.38. The molecule has 2 atom stereocenters. The van der Waals surface area contributed by atoms with E-state index >= 15 is 0 Å². The molecule has 0 radical (unpaired) electrons. The molecule has 0 spiro atoms. The highest BCUT2D eigenvalue weighted by atomic mass is 15.2. The minimum atomic E-state index is 0.486. The number of likely N-dealkylation sites (tertiary alicyclic amines) is 1. The van der Waals surface area contributed by atoms with E-state index in [4.69, 9.17) is 0 Å². The largest absolute Gasteiger partial charge is 0.368 e. The summed E-state index contributed by atoms with van der Waals surface area (Å²) in [6.45, 7) is 9.10. The molecule has 20 heavy (non-hydrogen) atoms. The van der Waals surface area contributed by atoms with Gasteiger partial charge in [0.25, 0.3) is 0 Å². The Morgan fingerprint density at radius 3 is 2.85 bits per heavy atom. The van der Waals surface area contributed by atoms with Crippen molar-refractivity contribution < 1.29 is 0 Å². The van der Waals surface area contributed by atoms with Crippen molar-refractivity contribution in [1.82, 2.24) is 9.88 Å². The van der Waals surface area contributed by atoms with Crippen LogP contribution in [0.1, 0.15) is 64.5 Å². The van der Waals surface area contributed by atoms with Gasteiger partial charge in [0, 0.05) is 18.3 Å². The van der Waals surface area contributed by atoms with Gasteiger partial charge in [-0.3, -0.25) is 4.90 Å². The molecule has 2 heterocycles. The molecule has 2 rings (SSSR count). The molecule has 1 aromatic heterocycles.